The van der Waals surface area contributed by atoms with Gasteiger partial charge in [0.15, 0.2) is 0 Å². The lowest BCUT2D eigenvalue weighted by atomic mass is 9.68. The van der Waals surface area contributed by atoms with Crippen LogP contribution >= 0.6 is 11.6 Å². The SMILES string of the molecule is COC1C=C2CC(=O)N(C3CCC(C(C)(O)C4CCOCC4)CC3)C(c3ccc(Cl)cc3)C2=CC1OC(C)C. The molecule has 2 aliphatic carbocycles. The van der Waals surface area contributed by atoms with Crippen molar-refractivity contribution in [2.45, 2.75) is 102 Å². The zero-order valence-electron chi connectivity index (χ0n) is 23.8. The van der Waals surface area contributed by atoms with Crippen LogP contribution in [0.25, 0.3) is 0 Å². The van der Waals surface area contributed by atoms with Crippen molar-refractivity contribution in [3.8, 4) is 0 Å². The number of ether oxygens (including phenoxy) is 3. The van der Waals surface area contributed by atoms with E-state index >= 15 is 0 Å². The molecule has 2 heterocycles. The highest BCUT2D eigenvalue weighted by Gasteiger charge is 2.46. The number of benzene rings is 1. The van der Waals surface area contributed by atoms with E-state index in [1.54, 1.807) is 7.11 Å². The average molecular weight is 558 g/mol. The van der Waals surface area contributed by atoms with Crippen molar-refractivity contribution in [1.82, 2.24) is 4.90 Å². The van der Waals surface area contributed by atoms with Gasteiger partial charge in [-0.2, -0.15) is 0 Å². The molecule has 1 saturated carbocycles. The highest BCUT2D eigenvalue weighted by atomic mass is 35.5. The molecule has 39 heavy (non-hydrogen) atoms. The van der Waals surface area contributed by atoms with E-state index in [1.807, 2.05) is 45.0 Å². The van der Waals surface area contributed by atoms with Gasteiger partial charge in [0.1, 0.15) is 12.2 Å². The number of carbonyl (C=O) groups excluding carboxylic acids is 1. The third-order valence-corrected chi connectivity index (χ3v) is 9.71. The van der Waals surface area contributed by atoms with Gasteiger partial charge in [-0.3, -0.25) is 4.79 Å². The van der Waals surface area contributed by atoms with Crippen molar-refractivity contribution in [3.63, 3.8) is 0 Å². The van der Waals surface area contributed by atoms with E-state index in [0.29, 0.717) is 11.4 Å². The number of nitrogens with zero attached hydrogens (tertiary/aromatic N) is 1. The van der Waals surface area contributed by atoms with Crippen LogP contribution in [0.3, 0.4) is 0 Å². The molecule has 1 aromatic carbocycles. The Morgan fingerprint density at radius 2 is 1.64 bits per heavy atom. The zero-order valence-corrected chi connectivity index (χ0v) is 24.5. The van der Waals surface area contributed by atoms with Gasteiger partial charge in [0.25, 0.3) is 0 Å². The second-order valence-electron chi connectivity index (χ2n) is 12.2. The molecule has 1 N–H and O–H groups in total. The second-order valence-corrected chi connectivity index (χ2v) is 12.6. The summed E-state index contributed by atoms with van der Waals surface area (Å²) in [5.41, 5.74) is 2.52. The minimum absolute atomic E-state index is 0.0496. The quantitative estimate of drug-likeness (QED) is 0.443. The van der Waals surface area contributed by atoms with Crippen LogP contribution < -0.4 is 0 Å². The van der Waals surface area contributed by atoms with Crippen molar-refractivity contribution in [3.05, 3.63) is 58.1 Å². The number of aliphatic hydroxyl groups is 1. The molecule has 1 amide bonds. The summed E-state index contributed by atoms with van der Waals surface area (Å²) in [7, 11) is 1.69. The Kier molecular flexibility index (Phi) is 8.89. The van der Waals surface area contributed by atoms with E-state index in [2.05, 4.69) is 17.1 Å². The molecule has 1 aromatic rings. The molecule has 214 valence electrons. The Bertz CT molecular complexity index is 1070. The number of amides is 1. The Morgan fingerprint density at radius 3 is 2.26 bits per heavy atom. The van der Waals surface area contributed by atoms with Gasteiger partial charge in [-0.15, -0.1) is 0 Å². The first-order valence-electron chi connectivity index (χ1n) is 14.7. The molecule has 6 nitrogen and oxygen atoms in total. The molecular formula is C32H44ClNO5. The summed E-state index contributed by atoms with van der Waals surface area (Å²) in [6.07, 6.45) is 9.69. The largest absolute Gasteiger partial charge is 0.390 e. The normalized spacial score (nSPS) is 31.9. The third kappa shape index (κ3) is 6.01. The number of hydrogen-bond acceptors (Lipinski definition) is 5. The fourth-order valence-electron chi connectivity index (χ4n) is 7.33. The number of carbonyl (C=O) groups is 1. The number of rotatable bonds is 7. The van der Waals surface area contributed by atoms with E-state index in [0.717, 1.165) is 68.4 Å². The number of methoxy groups -OCH3 is 1. The average Bonchev–Trinajstić information content (AvgIpc) is 2.93. The van der Waals surface area contributed by atoms with Gasteiger partial charge in [0.05, 0.1) is 24.2 Å². The van der Waals surface area contributed by atoms with Crippen LogP contribution in [0.15, 0.2) is 47.6 Å². The summed E-state index contributed by atoms with van der Waals surface area (Å²) < 4.78 is 17.6. The molecule has 4 atom stereocenters. The maximum atomic E-state index is 13.9. The monoisotopic (exact) mass is 557 g/mol. The molecule has 4 aliphatic rings. The van der Waals surface area contributed by atoms with Gasteiger partial charge in [0, 0.05) is 31.4 Å². The van der Waals surface area contributed by atoms with Gasteiger partial charge in [-0.05, 0) is 112 Å². The summed E-state index contributed by atoms with van der Waals surface area (Å²) in [6.45, 7) is 7.56. The molecule has 0 radical (unpaired) electrons. The lowest BCUT2D eigenvalue weighted by Gasteiger charge is -2.49. The fraction of sp³-hybridized carbons (Fsp3) is 0.656. The Morgan fingerprint density at radius 1 is 1.00 bits per heavy atom. The van der Waals surface area contributed by atoms with Crippen molar-refractivity contribution < 1.29 is 24.1 Å². The van der Waals surface area contributed by atoms with Crippen LogP contribution in [0, 0.1) is 11.8 Å². The van der Waals surface area contributed by atoms with Crippen LogP contribution in [0.4, 0.5) is 0 Å². The number of hydrogen-bond donors (Lipinski definition) is 1. The Balaban J connectivity index is 1.43. The number of likely N-dealkylation sites (tertiary alicyclic amines) is 1. The summed E-state index contributed by atoms with van der Waals surface area (Å²) in [6, 6.07) is 7.81. The van der Waals surface area contributed by atoms with E-state index in [1.165, 1.54) is 0 Å². The molecule has 2 saturated heterocycles. The first kappa shape index (κ1) is 28.8. The van der Waals surface area contributed by atoms with Gasteiger partial charge >= 0.3 is 0 Å². The van der Waals surface area contributed by atoms with Gasteiger partial charge in [-0.1, -0.05) is 23.7 Å². The van der Waals surface area contributed by atoms with Crippen LogP contribution in [0.1, 0.15) is 77.3 Å². The number of halogens is 1. The molecule has 7 heteroatoms. The lowest BCUT2D eigenvalue weighted by molar-refractivity contribution is -0.139. The van der Waals surface area contributed by atoms with Crippen LogP contribution in [-0.4, -0.2) is 66.2 Å². The van der Waals surface area contributed by atoms with Crippen LogP contribution in [0.2, 0.25) is 5.02 Å². The Labute approximate surface area is 238 Å². The van der Waals surface area contributed by atoms with Crippen molar-refractivity contribution in [2.75, 3.05) is 20.3 Å². The predicted molar refractivity (Wildman–Crippen MR) is 153 cm³/mol. The molecular weight excluding hydrogens is 514 g/mol. The minimum atomic E-state index is -0.700. The van der Waals surface area contributed by atoms with E-state index < -0.39 is 5.60 Å². The lowest BCUT2D eigenvalue weighted by Crippen LogP contribution is -2.52. The summed E-state index contributed by atoms with van der Waals surface area (Å²) in [5.74, 6) is 0.662. The molecule has 2 aliphatic heterocycles. The van der Waals surface area contributed by atoms with Gasteiger partial charge in [-0.25, -0.2) is 0 Å². The number of fused-ring (bicyclic) bond motifs is 1. The second kappa shape index (κ2) is 12.0. The standard InChI is InChI=1S/C32H44ClNO5/c1-20(2)39-29-19-27-22(17-28(29)37-4)18-30(35)34(31(27)21-5-9-25(33)10-6-21)26-11-7-23(8-12-26)32(3,36)24-13-15-38-16-14-24/h5-6,9-10,17,19-20,23-24,26,28-29,31,36H,7-8,11-16,18H2,1-4H3. The van der Waals surface area contributed by atoms with Crippen LogP contribution in [0.5, 0.6) is 0 Å². The van der Waals surface area contributed by atoms with Crippen molar-refractivity contribution >= 4 is 17.5 Å². The topological polar surface area (TPSA) is 68.2 Å². The molecule has 0 aromatic heterocycles. The van der Waals surface area contributed by atoms with Crippen molar-refractivity contribution in [2.24, 2.45) is 11.8 Å². The summed E-state index contributed by atoms with van der Waals surface area (Å²) in [4.78, 5) is 16.0. The maximum Gasteiger partial charge on any atom is 0.228 e. The van der Waals surface area contributed by atoms with E-state index in [-0.39, 0.29) is 48.1 Å². The maximum absolute atomic E-state index is 13.9. The Hall–Kier alpha value is -1.70. The fourth-order valence-corrected chi connectivity index (χ4v) is 7.46. The van der Waals surface area contributed by atoms with Crippen molar-refractivity contribution in [1.29, 1.82) is 0 Å². The highest BCUT2D eigenvalue weighted by molar-refractivity contribution is 6.30. The van der Waals surface area contributed by atoms with Gasteiger partial charge in [0.2, 0.25) is 5.91 Å². The number of piperidine rings is 1. The summed E-state index contributed by atoms with van der Waals surface area (Å²) >= 11 is 6.27. The summed E-state index contributed by atoms with van der Waals surface area (Å²) in [5, 5.41) is 12.3. The molecule has 4 unspecified atom stereocenters. The highest BCUT2D eigenvalue weighted by Crippen LogP contribution is 2.48. The zero-order chi connectivity index (χ0) is 27.7. The van der Waals surface area contributed by atoms with E-state index in [4.69, 9.17) is 25.8 Å². The first-order valence-corrected chi connectivity index (χ1v) is 15.0. The minimum Gasteiger partial charge on any atom is -0.390 e. The van der Waals surface area contributed by atoms with E-state index in [9.17, 15) is 9.90 Å². The third-order valence-electron chi connectivity index (χ3n) is 9.46. The first-order chi connectivity index (χ1) is 18.7. The van der Waals surface area contributed by atoms with Gasteiger partial charge < -0.3 is 24.2 Å². The molecule has 0 spiro atoms. The molecule has 0 bridgehead atoms. The smallest absolute Gasteiger partial charge is 0.228 e. The van der Waals surface area contributed by atoms with Crippen LogP contribution in [-0.2, 0) is 19.0 Å². The molecule has 3 fully saturated rings. The molecule has 5 rings (SSSR count). The predicted octanol–water partition coefficient (Wildman–Crippen LogP) is 6.02.